The number of carbonyl (C=O) groups is 1. The fraction of sp³-hybridized carbons (Fsp3) is 0.111. The fourth-order valence-corrected chi connectivity index (χ4v) is 2.20. The van der Waals surface area contributed by atoms with E-state index in [0.29, 0.717) is 5.69 Å². The van der Waals surface area contributed by atoms with Crippen molar-refractivity contribution in [1.82, 2.24) is 9.78 Å². The highest BCUT2D eigenvalue weighted by Crippen LogP contribution is 2.26. The predicted octanol–water partition coefficient (Wildman–Crippen LogP) is 4.04. The molecule has 3 aromatic rings. The number of nitrogens with one attached hydrogen (secondary N) is 1. The highest BCUT2D eigenvalue weighted by Gasteiger charge is 2.21. The summed E-state index contributed by atoms with van der Waals surface area (Å²) >= 11 is 0. The van der Waals surface area contributed by atoms with Crippen LogP contribution in [-0.2, 0) is 6.73 Å². The summed E-state index contributed by atoms with van der Waals surface area (Å²) in [7, 11) is 0. The minimum Gasteiger partial charge on any atom is -0.465 e. The van der Waals surface area contributed by atoms with E-state index in [1.807, 2.05) is 19.1 Å². The third-order valence-electron chi connectivity index (χ3n) is 3.60. The van der Waals surface area contributed by atoms with Gasteiger partial charge in [0.25, 0.3) is 5.91 Å². The topological polar surface area (TPSA) is 56.2 Å². The number of aromatic nitrogens is 2. The Hall–Kier alpha value is -3.36. The molecule has 1 amide bonds. The molecule has 140 valence electrons. The number of ether oxygens (including phenoxy) is 1. The molecule has 0 fully saturated rings. The summed E-state index contributed by atoms with van der Waals surface area (Å²) in [4.78, 5) is 12.1. The van der Waals surface area contributed by atoms with Crippen molar-refractivity contribution in [2.75, 3.05) is 5.32 Å². The smallest absolute Gasteiger partial charge is 0.276 e. The number of hydrogen-bond donors (Lipinski definition) is 1. The molecule has 0 atom stereocenters. The number of rotatable bonds is 5. The molecular weight excluding hydrogens is 366 g/mol. The highest BCUT2D eigenvalue weighted by atomic mass is 19.2. The SMILES string of the molecule is Cc1ccc(NC(=O)c2ccn(COc3c(F)c(F)cc(F)c3F)n2)cc1. The first-order valence-corrected chi connectivity index (χ1v) is 7.72. The van der Waals surface area contributed by atoms with Crippen LogP contribution in [-0.4, -0.2) is 15.7 Å². The van der Waals surface area contributed by atoms with Crippen LogP contribution >= 0.6 is 0 Å². The Morgan fingerprint density at radius 2 is 1.70 bits per heavy atom. The zero-order chi connectivity index (χ0) is 19.6. The van der Waals surface area contributed by atoms with Gasteiger partial charge in [0.1, 0.15) is 0 Å². The maximum atomic E-state index is 13.5. The molecule has 0 radical (unpaired) electrons. The summed E-state index contributed by atoms with van der Waals surface area (Å²) in [6.07, 6.45) is 1.31. The van der Waals surface area contributed by atoms with Gasteiger partial charge in [0.05, 0.1) is 0 Å². The first-order valence-electron chi connectivity index (χ1n) is 7.72. The van der Waals surface area contributed by atoms with Gasteiger partial charge in [-0.2, -0.15) is 13.9 Å². The van der Waals surface area contributed by atoms with Crippen LogP contribution in [0.25, 0.3) is 0 Å². The summed E-state index contributed by atoms with van der Waals surface area (Å²) < 4.78 is 59.2. The van der Waals surface area contributed by atoms with Crippen molar-refractivity contribution in [1.29, 1.82) is 0 Å². The largest absolute Gasteiger partial charge is 0.465 e. The summed E-state index contributed by atoms with van der Waals surface area (Å²) in [5.74, 6) is -8.18. The second-order valence-electron chi connectivity index (χ2n) is 5.63. The van der Waals surface area contributed by atoms with Crippen LogP contribution in [0.1, 0.15) is 16.1 Å². The Labute approximate surface area is 151 Å². The second kappa shape index (κ2) is 7.48. The molecule has 1 heterocycles. The maximum absolute atomic E-state index is 13.5. The lowest BCUT2D eigenvalue weighted by atomic mass is 10.2. The van der Waals surface area contributed by atoms with E-state index in [9.17, 15) is 22.4 Å². The van der Waals surface area contributed by atoms with E-state index in [0.717, 1.165) is 10.2 Å². The van der Waals surface area contributed by atoms with E-state index in [2.05, 4.69) is 10.4 Å². The van der Waals surface area contributed by atoms with Crippen molar-refractivity contribution < 1.29 is 27.1 Å². The van der Waals surface area contributed by atoms with Crippen LogP contribution in [0.2, 0.25) is 0 Å². The van der Waals surface area contributed by atoms with Crippen LogP contribution in [0.3, 0.4) is 0 Å². The molecule has 0 saturated heterocycles. The first-order chi connectivity index (χ1) is 12.8. The molecule has 0 aliphatic carbocycles. The number of hydrogen-bond acceptors (Lipinski definition) is 3. The molecule has 0 spiro atoms. The van der Waals surface area contributed by atoms with Gasteiger partial charge in [-0.15, -0.1) is 0 Å². The molecule has 5 nitrogen and oxygen atoms in total. The molecule has 1 N–H and O–H groups in total. The third-order valence-corrected chi connectivity index (χ3v) is 3.60. The first kappa shape index (κ1) is 18.4. The van der Waals surface area contributed by atoms with Gasteiger partial charge in [0.15, 0.2) is 29.8 Å². The Balaban J connectivity index is 1.68. The van der Waals surface area contributed by atoms with Gasteiger partial charge in [-0.3, -0.25) is 4.79 Å². The molecule has 3 rings (SSSR count). The fourth-order valence-electron chi connectivity index (χ4n) is 2.20. The van der Waals surface area contributed by atoms with Gasteiger partial charge >= 0.3 is 0 Å². The van der Waals surface area contributed by atoms with E-state index in [1.54, 1.807) is 12.1 Å². The average Bonchev–Trinajstić information content (AvgIpc) is 3.11. The number of halogens is 4. The molecule has 0 aliphatic rings. The molecule has 27 heavy (non-hydrogen) atoms. The molecular formula is C18H13F4N3O2. The minimum atomic E-state index is -1.65. The maximum Gasteiger partial charge on any atom is 0.276 e. The summed E-state index contributed by atoms with van der Waals surface area (Å²) in [6.45, 7) is 1.35. The number of nitrogens with zero attached hydrogens (tertiary/aromatic N) is 2. The summed E-state index contributed by atoms with van der Waals surface area (Å²) in [6, 6.07) is 8.52. The molecule has 9 heteroatoms. The Bertz CT molecular complexity index is 961. The number of aryl methyl sites for hydroxylation is 1. The van der Waals surface area contributed by atoms with Gasteiger partial charge in [-0.1, -0.05) is 17.7 Å². The Kier molecular flexibility index (Phi) is 5.11. The van der Waals surface area contributed by atoms with Crippen molar-refractivity contribution in [2.24, 2.45) is 0 Å². The van der Waals surface area contributed by atoms with E-state index in [1.165, 1.54) is 12.3 Å². The lowest BCUT2D eigenvalue weighted by Crippen LogP contribution is -2.14. The standard InChI is InChI=1S/C18H13F4N3O2/c1-10-2-4-11(5-3-10)23-18(26)14-6-7-25(24-14)9-27-17-15(21)12(19)8-13(20)16(17)22/h2-8H,9H2,1H3,(H,23,26). The number of carbonyl (C=O) groups excluding carboxylic acids is 1. The highest BCUT2D eigenvalue weighted by molar-refractivity contribution is 6.02. The summed E-state index contributed by atoms with van der Waals surface area (Å²) in [5, 5.41) is 6.52. The van der Waals surface area contributed by atoms with Crippen LogP contribution in [0, 0.1) is 30.2 Å². The lowest BCUT2D eigenvalue weighted by molar-refractivity contribution is 0.102. The van der Waals surface area contributed by atoms with Crippen molar-refractivity contribution in [3.63, 3.8) is 0 Å². The number of amides is 1. The molecule has 0 bridgehead atoms. The van der Waals surface area contributed by atoms with Crippen LogP contribution in [0.5, 0.6) is 5.75 Å². The van der Waals surface area contributed by atoms with Crippen LogP contribution in [0.4, 0.5) is 23.2 Å². The van der Waals surface area contributed by atoms with Crippen molar-refractivity contribution >= 4 is 11.6 Å². The quantitative estimate of drug-likeness (QED) is 0.538. The molecule has 0 aliphatic heterocycles. The molecule has 1 aromatic heterocycles. The van der Waals surface area contributed by atoms with E-state index < -0.39 is 41.7 Å². The van der Waals surface area contributed by atoms with Crippen molar-refractivity contribution in [3.8, 4) is 5.75 Å². The second-order valence-corrected chi connectivity index (χ2v) is 5.63. The minimum absolute atomic E-state index is 0.0190. The molecule has 0 saturated carbocycles. The van der Waals surface area contributed by atoms with Gasteiger partial charge in [0, 0.05) is 18.0 Å². The van der Waals surface area contributed by atoms with Crippen molar-refractivity contribution in [3.05, 3.63) is 77.1 Å². The van der Waals surface area contributed by atoms with Gasteiger partial charge in [-0.25, -0.2) is 13.5 Å². The Morgan fingerprint density at radius 1 is 1.07 bits per heavy atom. The average molecular weight is 379 g/mol. The van der Waals surface area contributed by atoms with Crippen LogP contribution in [0.15, 0.2) is 42.6 Å². The predicted molar refractivity (Wildman–Crippen MR) is 88.3 cm³/mol. The van der Waals surface area contributed by atoms with Gasteiger partial charge in [0.2, 0.25) is 11.6 Å². The third kappa shape index (κ3) is 4.08. The van der Waals surface area contributed by atoms with E-state index in [-0.39, 0.29) is 11.8 Å². The Morgan fingerprint density at radius 3 is 2.33 bits per heavy atom. The van der Waals surface area contributed by atoms with Crippen molar-refractivity contribution in [2.45, 2.75) is 13.7 Å². The number of benzene rings is 2. The van der Waals surface area contributed by atoms with Crippen LogP contribution < -0.4 is 10.1 Å². The molecule has 0 unspecified atom stereocenters. The monoisotopic (exact) mass is 379 g/mol. The zero-order valence-electron chi connectivity index (χ0n) is 14.0. The van der Waals surface area contributed by atoms with Gasteiger partial charge < -0.3 is 10.1 Å². The summed E-state index contributed by atoms with van der Waals surface area (Å²) in [5.41, 5.74) is 1.61. The molecule has 2 aromatic carbocycles. The normalized spacial score (nSPS) is 10.7. The van der Waals surface area contributed by atoms with Gasteiger partial charge in [-0.05, 0) is 25.1 Å². The lowest BCUT2D eigenvalue weighted by Gasteiger charge is -2.09. The van der Waals surface area contributed by atoms with E-state index >= 15 is 0 Å². The van der Waals surface area contributed by atoms with E-state index in [4.69, 9.17) is 4.74 Å². The zero-order valence-corrected chi connectivity index (χ0v) is 14.0. The number of anilines is 1.